The molecule has 25 heavy (non-hydrogen) atoms. The van der Waals surface area contributed by atoms with Gasteiger partial charge < -0.3 is 10.2 Å². The van der Waals surface area contributed by atoms with Crippen LogP contribution >= 0.6 is 0 Å². The molecule has 0 amide bonds. The predicted octanol–water partition coefficient (Wildman–Crippen LogP) is 2.65. The zero-order valence-corrected chi connectivity index (χ0v) is 13.8. The van der Waals surface area contributed by atoms with Gasteiger partial charge in [0.1, 0.15) is 0 Å². The number of hydrogen-bond donors (Lipinski definition) is 1. The number of anilines is 2. The van der Waals surface area contributed by atoms with E-state index >= 15 is 0 Å². The second kappa shape index (κ2) is 7.13. The summed E-state index contributed by atoms with van der Waals surface area (Å²) in [6.07, 6.45) is 5.33. The number of nitro groups is 1. The molecule has 1 unspecified atom stereocenters. The molecule has 1 aromatic heterocycles. The van der Waals surface area contributed by atoms with Crippen LogP contribution in [-0.2, 0) is 0 Å². The van der Waals surface area contributed by atoms with Crippen LogP contribution in [0, 0.1) is 28.4 Å². The lowest BCUT2D eigenvalue weighted by Crippen LogP contribution is -2.43. The number of rotatable bonds is 4. The van der Waals surface area contributed by atoms with Gasteiger partial charge in [0.05, 0.1) is 16.6 Å². The van der Waals surface area contributed by atoms with Gasteiger partial charge in [-0.15, -0.1) is 0 Å². The van der Waals surface area contributed by atoms with Crippen LogP contribution in [-0.4, -0.2) is 34.0 Å². The van der Waals surface area contributed by atoms with Crippen LogP contribution < -0.4 is 10.2 Å². The van der Waals surface area contributed by atoms with Gasteiger partial charge in [0.25, 0.3) is 5.69 Å². The van der Waals surface area contributed by atoms with Crippen LogP contribution in [0.1, 0.15) is 24.0 Å². The van der Waals surface area contributed by atoms with Gasteiger partial charge in [-0.3, -0.25) is 10.1 Å². The molecule has 2 aromatic rings. The molecule has 0 bridgehead atoms. The molecule has 0 saturated carbocycles. The summed E-state index contributed by atoms with van der Waals surface area (Å²) in [6, 6.07) is 6.84. The number of hydrogen-bond acceptors (Lipinski definition) is 7. The Morgan fingerprint density at radius 3 is 2.84 bits per heavy atom. The largest absolute Gasteiger partial charge is 0.380 e. The van der Waals surface area contributed by atoms with Crippen LogP contribution in [0.2, 0.25) is 0 Å². The van der Waals surface area contributed by atoms with Crippen LogP contribution in [0.25, 0.3) is 0 Å². The number of nitrogens with one attached hydrogen (secondary N) is 1. The molecular formula is C17H18N6O2. The first-order valence-corrected chi connectivity index (χ1v) is 8.06. The van der Waals surface area contributed by atoms with Gasteiger partial charge >= 0.3 is 0 Å². The van der Waals surface area contributed by atoms with Crippen molar-refractivity contribution in [1.29, 1.82) is 5.26 Å². The van der Waals surface area contributed by atoms with Gasteiger partial charge in [0.15, 0.2) is 0 Å². The standard InChI is InChI=1S/C17H18N6O2/c1-12-15(8-13(10-18)9-16(12)23(24)25)21-14-4-2-7-22(11-14)17-19-5-3-6-20-17/h3,5-6,8-9,14,21H,2,4,7,11H2,1H3. The fourth-order valence-corrected chi connectivity index (χ4v) is 3.05. The van der Waals surface area contributed by atoms with Crippen molar-refractivity contribution in [2.24, 2.45) is 0 Å². The summed E-state index contributed by atoms with van der Waals surface area (Å²) >= 11 is 0. The second-order valence-corrected chi connectivity index (χ2v) is 6.02. The fraction of sp³-hybridized carbons (Fsp3) is 0.353. The Morgan fingerprint density at radius 1 is 1.40 bits per heavy atom. The lowest BCUT2D eigenvalue weighted by molar-refractivity contribution is -0.385. The quantitative estimate of drug-likeness (QED) is 0.674. The molecule has 128 valence electrons. The van der Waals surface area contributed by atoms with Crippen LogP contribution in [0.5, 0.6) is 0 Å². The number of nitro benzene ring substituents is 1. The molecule has 8 heteroatoms. The number of aromatic nitrogens is 2. The summed E-state index contributed by atoms with van der Waals surface area (Å²) < 4.78 is 0. The maximum absolute atomic E-state index is 11.2. The number of piperidine rings is 1. The Bertz CT molecular complexity index is 818. The fourth-order valence-electron chi connectivity index (χ4n) is 3.05. The normalized spacial score (nSPS) is 17.0. The first-order chi connectivity index (χ1) is 12.1. The van der Waals surface area contributed by atoms with Crippen molar-refractivity contribution in [2.75, 3.05) is 23.3 Å². The van der Waals surface area contributed by atoms with Crippen molar-refractivity contribution in [3.8, 4) is 6.07 Å². The highest BCUT2D eigenvalue weighted by atomic mass is 16.6. The summed E-state index contributed by atoms with van der Waals surface area (Å²) in [7, 11) is 0. The minimum atomic E-state index is -0.452. The number of nitrogens with zero attached hydrogens (tertiary/aromatic N) is 5. The maximum Gasteiger partial charge on any atom is 0.275 e. The van der Waals surface area contributed by atoms with Crippen molar-refractivity contribution in [2.45, 2.75) is 25.8 Å². The zero-order chi connectivity index (χ0) is 17.8. The first-order valence-electron chi connectivity index (χ1n) is 8.06. The van der Waals surface area contributed by atoms with E-state index in [-0.39, 0.29) is 17.3 Å². The van der Waals surface area contributed by atoms with Crippen LogP contribution in [0.3, 0.4) is 0 Å². The summed E-state index contributed by atoms with van der Waals surface area (Å²) in [5.74, 6) is 0.683. The lowest BCUT2D eigenvalue weighted by Gasteiger charge is -2.33. The highest BCUT2D eigenvalue weighted by molar-refractivity contribution is 5.64. The number of benzene rings is 1. The Kier molecular flexibility index (Phi) is 4.75. The Hall–Kier alpha value is -3.21. The van der Waals surface area contributed by atoms with E-state index in [0.717, 1.165) is 19.4 Å². The molecule has 0 radical (unpaired) electrons. The average Bonchev–Trinajstić information content (AvgIpc) is 2.64. The third kappa shape index (κ3) is 3.66. The van der Waals surface area contributed by atoms with Crippen molar-refractivity contribution >= 4 is 17.3 Å². The number of nitriles is 1. The van der Waals surface area contributed by atoms with Gasteiger partial charge in [-0.1, -0.05) is 0 Å². The summed E-state index contributed by atoms with van der Waals surface area (Å²) in [5, 5.41) is 23.7. The molecule has 8 nitrogen and oxygen atoms in total. The van der Waals surface area contributed by atoms with Gasteiger partial charge in [0, 0.05) is 48.8 Å². The van der Waals surface area contributed by atoms with E-state index in [4.69, 9.17) is 5.26 Å². The minimum absolute atomic E-state index is 0.0411. The van der Waals surface area contributed by atoms with Crippen molar-refractivity contribution in [3.05, 3.63) is 51.8 Å². The smallest absolute Gasteiger partial charge is 0.275 e. The molecule has 1 aliphatic rings. The summed E-state index contributed by atoms with van der Waals surface area (Å²) in [6.45, 7) is 3.27. The van der Waals surface area contributed by atoms with E-state index in [9.17, 15) is 10.1 Å². The van der Waals surface area contributed by atoms with Crippen LogP contribution in [0.15, 0.2) is 30.6 Å². The highest BCUT2D eigenvalue weighted by Crippen LogP contribution is 2.29. The zero-order valence-electron chi connectivity index (χ0n) is 13.8. The Balaban J connectivity index is 1.81. The molecule has 0 aliphatic carbocycles. The summed E-state index contributed by atoms with van der Waals surface area (Å²) in [5.41, 5.74) is 1.41. The minimum Gasteiger partial charge on any atom is -0.380 e. The van der Waals surface area contributed by atoms with E-state index in [1.54, 1.807) is 31.5 Å². The van der Waals surface area contributed by atoms with E-state index in [0.29, 0.717) is 23.7 Å². The molecule has 0 spiro atoms. The third-order valence-corrected chi connectivity index (χ3v) is 4.32. The molecule has 1 saturated heterocycles. The summed E-state index contributed by atoms with van der Waals surface area (Å²) in [4.78, 5) is 21.4. The Morgan fingerprint density at radius 2 is 2.16 bits per heavy atom. The highest BCUT2D eigenvalue weighted by Gasteiger charge is 2.24. The van der Waals surface area contributed by atoms with Gasteiger partial charge in [0.2, 0.25) is 5.95 Å². The lowest BCUT2D eigenvalue weighted by atomic mass is 10.0. The van der Waals surface area contributed by atoms with Crippen molar-refractivity contribution in [3.63, 3.8) is 0 Å². The van der Waals surface area contributed by atoms with E-state index in [2.05, 4.69) is 20.2 Å². The van der Waals surface area contributed by atoms with E-state index in [1.807, 2.05) is 6.07 Å². The maximum atomic E-state index is 11.2. The van der Waals surface area contributed by atoms with Gasteiger partial charge in [-0.05, 0) is 31.9 Å². The van der Waals surface area contributed by atoms with Crippen LogP contribution in [0.4, 0.5) is 17.3 Å². The average molecular weight is 338 g/mol. The molecular weight excluding hydrogens is 320 g/mol. The molecule has 1 atom stereocenters. The topological polar surface area (TPSA) is 108 Å². The van der Waals surface area contributed by atoms with Crippen molar-refractivity contribution < 1.29 is 4.92 Å². The monoisotopic (exact) mass is 338 g/mol. The predicted molar refractivity (Wildman–Crippen MR) is 93.4 cm³/mol. The molecule has 1 fully saturated rings. The molecule has 1 aliphatic heterocycles. The van der Waals surface area contributed by atoms with E-state index in [1.165, 1.54) is 6.07 Å². The van der Waals surface area contributed by atoms with Gasteiger partial charge in [-0.2, -0.15) is 5.26 Å². The molecule has 1 aromatic carbocycles. The van der Waals surface area contributed by atoms with Gasteiger partial charge in [-0.25, -0.2) is 9.97 Å². The van der Waals surface area contributed by atoms with Crippen molar-refractivity contribution in [1.82, 2.24) is 9.97 Å². The second-order valence-electron chi connectivity index (χ2n) is 6.02. The Labute approximate surface area is 145 Å². The van der Waals surface area contributed by atoms with E-state index < -0.39 is 4.92 Å². The first kappa shape index (κ1) is 16.6. The third-order valence-electron chi connectivity index (χ3n) is 4.32. The molecule has 2 heterocycles. The molecule has 3 rings (SSSR count). The SMILES string of the molecule is Cc1c(NC2CCCN(c3ncccn3)C2)cc(C#N)cc1[N+](=O)[O-]. The molecule has 1 N–H and O–H groups in total.